The lowest BCUT2D eigenvalue weighted by Gasteiger charge is -2.35. The number of pyridine rings is 1. The Bertz CT molecular complexity index is 908. The first-order valence-electron chi connectivity index (χ1n) is 11.7. The Morgan fingerprint density at radius 3 is 2.67 bits per heavy atom. The second-order valence-electron chi connectivity index (χ2n) is 8.48. The summed E-state index contributed by atoms with van der Waals surface area (Å²) in [5, 5.41) is 3.45. The van der Waals surface area contributed by atoms with Crippen molar-refractivity contribution in [2.45, 2.75) is 39.5 Å². The van der Waals surface area contributed by atoms with E-state index in [-0.39, 0.29) is 36.2 Å². The van der Waals surface area contributed by atoms with Gasteiger partial charge in [0.05, 0.1) is 32.4 Å². The molecule has 0 bridgehead atoms. The molecule has 33 heavy (non-hydrogen) atoms. The van der Waals surface area contributed by atoms with Gasteiger partial charge in [-0.15, -0.1) is 24.0 Å². The quantitative estimate of drug-likeness (QED) is 0.339. The third-order valence-corrected chi connectivity index (χ3v) is 6.02. The molecule has 7 nitrogen and oxygen atoms in total. The third kappa shape index (κ3) is 6.80. The molecule has 0 spiro atoms. The Labute approximate surface area is 214 Å². The number of aryl methyl sites for hydroxylation is 1. The lowest BCUT2D eigenvalue weighted by molar-refractivity contribution is -0.00834. The Balaban J connectivity index is 0.00000306. The van der Waals surface area contributed by atoms with Crippen LogP contribution in [-0.2, 0) is 16.0 Å². The highest BCUT2D eigenvalue weighted by Gasteiger charge is 2.25. The second-order valence-corrected chi connectivity index (χ2v) is 8.48. The van der Waals surface area contributed by atoms with E-state index >= 15 is 0 Å². The lowest BCUT2D eigenvalue weighted by atomic mass is 10.0. The molecule has 0 aliphatic carbocycles. The van der Waals surface area contributed by atoms with E-state index in [9.17, 15) is 0 Å². The van der Waals surface area contributed by atoms with Gasteiger partial charge in [0.15, 0.2) is 5.96 Å². The summed E-state index contributed by atoms with van der Waals surface area (Å²) < 4.78 is 11.7. The van der Waals surface area contributed by atoms with Crippen molar-refractivity contribution >= 4 is 35.8 Å². The smallest absolute Gasteiger partial charge is 0.194 e. The first kappa shape index (κ1) is 25.7. The summed E-state index contributed by atoms with van der Waals surface area (Å²) in [6.45, 7) is 12.6. The van der Waals surface area contributed by atoms with Crippen LogP contribution in [0.15, 0.2) is 47.6 Å². The molecule has 2 aliphatic rings. The number of ether oxygens (including phenoxy) is 2. The minimum Gasteiger partial charge on any atom is -0.375 e. The van der Waals surface area contributed by atoms with Crippen LogP contribution in [0.5, 0.6) is 0 Å². The van der Waals surface area contributed by atoms with E-state index in [0.29, 0.717) is 13.2 Å². The van der Waals surface area contributed by atoms with Crippen molar-refractivity contribution in [1.29, 1.82) is 0 Å². The summed E-state index contributed by atoms with van der Waals surface area (Å²) in [5.74, 6) is 1.94. The van der Waals surface area contributed by atoms with Gasteiger partial charge in [-0.3, -0.25) is 0 Å². The predicted molar refractivity (Wildman–Crippen MR) is 144 cm³/mol. The molecule has 2 atom stereocenters. The normalized spacial score (nSPS) is 21.5. The zero-order valence-electron chi connectivity index (χ0n) is 19.9. The van der Waals surface area contributed by atoms with E-state index < -0.39 is 0 Å². The van der Waals surface area contributed by atoms with Crippen LogP contribution in [0.25, 0.3) is 0 Å². The molecule has 2 fully saturated rings. The number of rotatable bonds is 5. The largest absolute Gasteiger partial charge is 0.375 e. The van der Waals surface area contributed by atoms with Gasteiger partial charge in [0, 0.05) is 32.4 Å². The molecular weight excluding hydrogens is 529 g/mol. The number of benzene rings is 1. The molecule has 3 heterocycles. The third-order valence-electron chi connectivity index (χ3n) is 6.02. The first-order chi connectivity index (χ1) is 15.6. The van der Waals surface area contributed by atoms with Crippen molar-refractivity contribution in [2.75, 3.05) is 50.8 Å². The average molecular weight is 566 g/mol. The van der Waals surface area contributed by atoms with Crippen molar-refractivity contribution in [3.05, 3.63) is 59.3 Å². The fourth-order valence-corrected chi connectivity index (χ4v) is 4.29. The maximum Gasteiger partial charge on any atom is 0.194 e. The molecule has 0 radical (unpaired) electrons. The summed E-state index contributed by atoms with van der Waals surface area (Å²) in [5.41, 5.74) is 3.63. The number of hydrogen-bond donors (Lipinski definition) is 1. The molecule has 8 heteroatoms. The van der Waals surface area contributed by atoms with Crippen LogP contribution >= 0.6 is 24.0 Å². The molecule has 0 saturated carbocycles. The molecule has 2 unspecified atom stereocenters. The second kappa shape index (κ2) is 12.5. The van der Waals surface area contributed by atoms with Gasteiger partial charge in [0.25, 0.3) is 0 Å². The molecule has 1 aromatic carbocycles. The number of aromatic nitrogens is 1. The van der Waals surface area contributed by atoms with Crippen molar-refractivity contribution in [1.82, 2.24) is 15.2 Å². The fourth-order valence-electron chi connectivity index (χ4n) is 4.29. The molecule has 2 aromatic rings. The number of morpholine rings is 2. The molecule has 2 saturated heterocycles. The topological polar surface area (TPSA) is 62.2 Å². The highest BCUT2D eigenvalue weighted by molar-refractivity contribution is 14.0. The van der Waals surface area contributed by atoms with Crippen LogP contribution in [0.1, 0.15) is 36.6 Å². The molecular formula is C25H36IN5O2. The molecule has 4 rings (SSSR count). The van der Waals surface area contributed by atoms with Crippen molar-refractivity contribution in [3.63, 3.8) is 0 Å². The van der Waals surface area contributed by atoms with Gasteiger partial charge in [-0.1, -0.05) is 30.3 Å². The minimum atomic E-state index is 0. The summed E-state index contributed by atoms with van der Waals surface area (Å²) >= 11 is 0. The highest BCUT2D eigenvalue weighted by Crippen LogP contribution is 2.25. The predicted octanol–water partition coefficient (Wildman–Crippen LogP) is 3.77. The van der Waals surface area contributed by atoms with Crippen LogP contribution in [0.4, 0.5) is 5.82 Å². The van der Waals surface area contributed by atoms with E-state index in [1.807, 2.05) is 6.20 Å². The molecule has 1 N–H and O–H groups in total. The highest BCUT2D eigenvalue weighted by atomic mass is 127. The van der Waals surface area contributed by atoms with Crippen LogP contribution in [0.3, 0.4) is 0 Å². The molecule has 1 aromatic heterocycles. The number of nitrogens with zero attached hydrogens (tertiary/aromatic N) is 4. The minimum absolute atomic E-state index is 0. The fraction of sp³-hybridized carbons (Fsp3) is 0.520. The van der Waals surface area contributed by atoms with Gasteiger partial charge in [0.1, 0.15) is 11.9 Å². The summed E-state index contributed by atoms with van der Waals surface area (Å²) in [4.78, 5) is 14.2. The SMILES string of the molecule is CCNC(=NCc1ccc(N2CCOC(C)C2)nc1)N1CCOC(c2ccccc2C)C1.I. The number of nitrogens with one attached hydrogen (secondary N) is 1. The number of hydrogen-bond acceptors (Lipinski definition) is 5. The Morgan fingerprint density at radius 1 is 1.12 bits per heavy atom. The maximum absolute atomic E-state index is 6.10. The van der Waals surface area contributed by atoms with Crippen molar-refractivity contribution in [2.24, 2.45) is 4.99 Å². The van der Waals surface area contributed by atoms with Gasteiger partial charge in [-0.25, -0.2) is 9.98 Å². The summed E-state index contributed by atoms with van der Waals surface area (Å²) in [6, 6.07) is 12.7. The number of guanidine groups is 1. The first-order valence-corrected chi connectivity index (χ1v) is 11.7. The Hall–Kier alpha value is -1.91. The van der Waals surface area contributed by atoms with Crippen molar-refractivity contribution < 1.29 is 9.47 Å². The van der Waals surface area contributed by atoms with Crippen LogP contribution in [-0.4, -0.2) is 67.9 Å². The van der Waals surface area contributed by atoms with Crippen LogP contribution < -0.4 is 10.2 Å². The lowest BCUT2D eigenvalue weighted by Crippen LogP contribution is -2.48. The average Bonchev–Trinajstić information content (AvgIpc) is 2.82. The number of halogens is 1. The molecule has 0 amide bonds. The van der Waals surface area contributed by atoms with Crippen LogP contribution in [0.2, 0.25) is 0 Å². The van der Waals surface area contributed by atoms with E-state index in [4.69, 9.17) is 14.5 Å². The van der Waals surface area contributed by atoms with Crippen LogP contribution in [0, 0.1) is 6.92 Å². The monoisotopic (exact) mass is 565 g/mol. The van der Waals surface area contributed by atoms with Gasteiger partial charge >= 0.3 is 0 Å². The van der Waals surface area contributed by atoms with E-state index in [1.165, 1.54) is 11.1 Å². The van der Waals surface area contributed by atoms with Gasteiger partial charge in [-0.05, 0) is 43.5 Å². The summed E-state index contributed by atoms with van der Waals surface area (Å²) in [7, 11) is 0. The van der Waals surface area contributed by atoms with Gasteiger partial charge < -0.3 is 24.6 Å². The van der Waals surface area contributed by atoms with Crippen molar-refractivity contribution in [3.8, 4) is 0 Å². The zero-order valence-corrected chi connectivity index (χ0v) is 22.2. The van der Waals surface area contributed by atoms with E-state index in [1.54, 1.807) is 0 Å². The standard InChI is InChI=1S/C25H35N5O2.HI/c1-4-26-25(30-12-14-32-23(18-30)22-8-6-5-7-19(22)2)28-16-21-9-10-24(27-15-21)29-11-13-31-20(3)17-29;/h5-10,15,20,23H,4,11-14,16-18H2,1-3H3,(H,26,28);1H. The van der Waals surface area contributed by atoms with Gasteiger partial charge in [0.2, 0.25) is 0 Å². The molecule has 180 valence electrons. The van der Waals surface area contributed by atoms with Gasteiger partial charge in [-0.2, -0.15) is 0 Å². The van der Waals surface area contributed by atoms with E-state index in [0.717, 1.165) is 56.7 Å². The summed E-state index contributed by atoms with van der Waals surface area (Å²) in [6.07, 6.45) is 2.25. The zero-order chi connectivity index (χ0) is 22.3. The maximum atomic E-state index is 6.10. The Morgan fingerprint density at radius 2 is 1.94 bits per heavy atom. The Kier molecular flexibility index (Phi) is 9.76. The molecule has 2 aliphatic heterocycles. The number of anilines is 1. The number of aliphatic imine (C=N–C) groups is 1. The van der Waals surface area contributed by atoms with E-state index in [2.05, 4.69) is 77.3 Å².